The Morgan fingerprint density at radius 1 is 1.75 bits per heavy atom. The first-order valence-electron chi connectivity index (χ1n) is 5.11. The second-order valence-corrected chi connectivity index (χ2v) is 4.47. The second kappa shape index (κ2) is 4.42. The highest BCUT2D eigenvalue weighted by Gasteiger charge is 2.26. The van der Waals surface area contributed by atoms with Crippen LogP contribution in [0.1, 0.15) is 22.8 Å². The summed E-state index contributed by atoms with van der Waals surface area (Å²) >= 11 is 3.26. The lowest BCUT2D eigenvalue weighted by atomic mass is 10.2. The van der Waals surface area contributed by atoms with E-state index in [1.165, 1.54) is 0 Å². The molecule has 1 saturated heterocycles. The van der Waals surface area contributed by atoms with Gasteiger partial charge in [0.05, 0.1) is 6.04 Å². The largest absolute Gasteiger partial charge is 0.373 e. The summed E-state index contributed by atoms with van der Waals surface area (Å²) in [6.07, 6.45) is 1.00. The molecule has 2 heterocycles. The maximum atomic E-state index is 11.3. The molecule has 16 heavy (non-hydrogen) atoms. The predicted molar refractivity (Wildman–Crippen MR) is 64.5 cm³/mol. The number of nitrogens with two attached hydrogens (primary N) is 1. The number of amides is 1. The lowest BCUT2D eigenvalue weighted by Gasteiger charge is -2.13. The summed E-state index contributed by atoms with van der Waals surface area (Å²) in [4.78, 5) is 11.3. The molecule has 1 fully saturated rings. The zero-order chi connectivity index (χ0) is 11.7. The van der Waals surface area contributed by atoms with Gasteiger partial charge in [-0.3, -0.25) is 4.79 Å². The Kier molecular flexibility index (Phi) is 3.15. The number of aromatic nitrogens is 2. The molecular formula is C9H14BrN5O. The van der Waals surface area contributed by atoms with E-state index in [1.54, 1.807) is 7.05 Å². The molecule has 0 spiro atoms. The van der Waals surface area contributed by atoms with E-state index in [2.05, 4.69) is 31.7 Å². The highest BCUT2D eigenvalue weighted by atomic mass is 79.9. The third kappa shape index (κ3) is 1.80. The zero-order valence-corrected chi connectivity index (χ0v) is 10.5. The van der Waals surface area contributed by atoms with Gasteiger partial charge in [0.25, 0.3) is 5.91 Å². The van der Waals surface area contributed by atoms with E-state index in [4.69, 9.17) is 5.73 Å². The van der Waals surface area contributed by atoms with Gasteiger partial charge in [-0.05, 0) is 28.9 Å². The van der Waals surface area contributed by atoms with E-state index >= 15 is 0 Å². The number of nitrogens with one attached hydrogen (secondary N) is 2. The summed E-state index contributed by atoms with van der Waals surface area (Å²) in [5.74, 6) is 0.196. The summed E-state index contributed by atoms with van der Waals surface area (Å²) < 4.78 is 2.32. The van der Waals surface area contributed by atoms with Crippen LogP contribution in [-0.2, 0) is 0 Å². The van der Waals surface area contributed by atoms with Gasteiger partial charge in [-0.25, -0.2) is 4.68 Å². The Morgan fingerprint density at radius 2 is 2.50 bits per heavy atom. The van der Waals surface area contributed by atoms with Crippen molar-refractivity contribution in [3.63, 3.8) is 0 Å². The van der Waals surface area contributed by atoms with Gasteiger partial charge in [-0.15, -0.1) is 0 Å². The number of hydrogen-bond acceptors (Lipinski definition) is 4. The minimum Gasteiger partial charge on any atom is -0.373 e. The molecule has 0 aliphatic carbocycles. The van der Waals surface area contributed by atoms with Crippen molar-refractivity contribution in [1.29, 1.82) is 0 Å². The molecular weight excluding hydrogens is 274 g/mol. The van der Waals surface area contributed by atoms with Crippen LogP contribution >= 0.6 is 15.9 Å². The van der Waals surface area contributed by atoms with Gasteiger partial charge >= 0.3 is 0 Å². The summed E-state index contributed by atoms with van der Waals surface area (Å²) in [5, 5.41) is 10.6. The topological polar surface area (TPSA) is 85.0 Å². The minimum absolute atomic E-state index is 0.270. The van der Waals surface area contributed by atoms with E-state index in [9.17, 15) is 4.79 Å². The summed E-state index contributed by atoms with van der Waals surface area (Å²) in [6, 6.07) is 0.270. The molecule has 1 aromatic rings. The number of primary amides is 1. The number of nitrogens with zero attached hydrogens (tertiary/aromatic N) is 2. The van der Waals surface area contributed by atoms with Crippen LogP contribution in [0.25, 0.3) is 0 Å². The SMILES string of the molecule is CNc1c(C(N)=O)c(Br)nn1C1CCNC1. The van der Waals surface area contributed by atoms with Gasteiger partial charge in [0, 0.05) is 13.6 Å². The Morgan fingerprint density at radius 3 is 3.00 bits per heavy atom. The second-order valence-electron chi connectivity index (χ2n) is 3.72. The van der Waals surface area contributed by atoms with Gasteiger partial charge in [-0.1, -0.05) is 0 Å². The molecule has 1 amide bonds. The summed E-state index contributed by atoms with van der Waals surface area (Å²) in [6.45, 7) is 1.83. The quantitative estimate of drug-likeness (QED) is 0.748. The first kappa shape index (κ1) is 11.4. The smallest absolute Gasteiger partial charge is 0.255 e. The highest BCUT2D eigenvalue weighted by molar-refractivity contribution is 9.10. The molecule has 0 aromatic carbocycles. The molecule has 0 saturated carbocycles. The maximum Gasteiger partial charge on any atom is 0.255 e. The first-order valence-corrected chi connectivity index (χ1v) is 5.90. The normalized spacial score (nSPS) is 20.0. The van der Waals surface area contributed by atoms with Crippen molar-refractivity contribution in [1.82, 2.24) is 15.1 Å². The Balaban J connectivity index is 2.45. The van der Waals surface area contributed by atoms with Crippen LogP contribution in [0.5, 0.6) is 0 Å². The van der Waals surface area contributed by atoms with Gasteiger partial charge in [0.15, 0.2) is 0 Å². The molecule has 0 radical (unpaired) electrons. The Labute approximate surface area is 102 Å². The average Bonchev–Trinajstić information content (AvgIpc) is 2.82. The molecule has 1 aromatic heterocycles. The van der Waals surface area contributed by atoms with E-state index in [-0.39, 0.29) is 6.04 Å². The van der Waals surface area contributed by atoms with Crippen LogP contribution in [0.2, 0.25) is 0 Å². The molecule has 7 heteroatoms. The van der Waals surface area contributed by atoms with Crippen LogP contribution in [0.4, 0.5) is 5.82 Å². The van der Waals surface area contributed by atoms with Crippen molar-refractivity contribution in [2.45, 2.75) is 12.5 Å². The van der Waals surface area contributed by atoms with E-state index in [0.29, 0.717) is 16.0 Å². The molecule has 4 N–H and O–H groups in total. The number of carbonyl (C=O) groups excluding carboxylic acids is 1. The summed E-state index contributed by atoms with van der Waals surface area (Å²) in [5.41, 5.74) is 5.74. The van der Waals surface area contributed by atoms with E-state index < -0.39 is 5.91 Å². The van der Waals surface area contributed by atoms with Crippen molar-refractivity contribution >= 4 is 27.7 Å². The van der Waals surface area contributed by atoms with E-state index in [1.807, 2.05) is 4.68 Å². The van der Waals surface area contributed by atoms with Crippen molar-refractivity contribution in [2.75, 3.05) is 25.5 Å². The number of rotatable bonds is 3. The maximum absolute atomic E-state index is 11.3. The molecule has 0 bridgehead atoms. The predicted octanol–water partition coefficient (Wildman–Crippen LogP) is 0.321. The Bertz CT molecular complexity index is 410. The third-order valence-electron chi connectivity index (χ3n) is 2.73. The van der Waals surface area contributed by atoms with Gasteiger partial charge < -0.3 is 16.4 Å². The minimum atomic E-state index is -0.478. The Hall–Kier alpha value is -1.08. The number of anilines is 1. The van der Waals surface area contributed by atoms with Crippen molar-refractivity contribution in [2.24, 2.45) is 5.73 Å². The molecule has 88 valence electrons. The molecule has 1 aliphatic heterocycles. The summed E-state index contributed by atoms with van der Waals surface area (Å²) in [7, 11) is 1.76. The fourth-order valence-corrected chi connectivity index (χ4v) is 2.53. The van der Waals surface area contributed by atoms with Crippen LogP contribution in [0.3, 0.4) is 0 Å². The fourth-order valence-electron chi connectivity index (χ4n) is 1.98. The van der Waals surface area contributed by atoms with Gasteiger partial charge in [0.1, 0.15) is 16.0 Å². The zero-order valence-electron chi connectivity index (χ0n) is 8.96. The van der Waals surface area contributed by atoms with E-state index in [0.717, 1.165) is 19.5 Å². The van der Waals surface area contributed by atoms with Crippen molar-refractivity contribution < 1.29 is 4.79 Å². The monoisotopic (exact) mass is 287 g/mol. The van der Waals surface area contributed by atoms with Crippen LogP contribution in [0, 0.1) is 0 Å². The van der Waals surface area contributed by atoms with Crippen molar-refractivity contribution in [3.05, 3.63) is 10.2 Å². The molecule has 1 atom stereocenters. The third-order valence-corrected chi connectivity index (χ3v) is 3.29. The van der Waals surface area contributed by atoms with Gasteiger partial charge in [-0.2, -0.15) is 5.10 Å². The average molecular weight is 288 g/mol. The lowest BCUT2D eigenvalue weighted by Crippen LogP contribution is -2.18. The van der Waals surface area contributed by atoms with Crippen LogP contribution < -0.4 is 16.4 Å². The number of hydrogen-bond donors (Lipinski definition) is 3. The van der Waals surface area contributed by atoms with Crippen LogP contribution in [-0.4, -0.2) is 35.8 Å². The molecule has 2 rings (SSSR count). The first-order chi connectivity index (χ1) is 7.65. The molecule has 1 unspecified atom stereocenters. The number of halogens is 1. The number of carbonyl (C=O) groups is 1. The standard InChI is InChI=1S/C9H14BrN5O/c1-12-9-6(8(11)16)7(10)14-15(9)5-2-3-13-4-5/h5,12-13H,2-4H2,1H3,(H2,11,16). The van der Waals surface area contributed by atoms with Gasteiger partial charge in [0.2, 0.25) is 0 Å². The highest BCUT2D eigenvalue weighted by Crippen LogP contribution is 2.28. The van der Waals surface area contributed by atoms with Crippen LogP contribution in [0.15, 0.2) is 4.60 Å². The molecule has 1 aliphatic rings. The fraction of sp³-hybridized carbons (Fsp3) is 0.556. The lowest BCUT2D eigenvalue weighted by molar-refractivity contribution is 0.100. The van der Waals surface area contributed by atoms with Crippen molar-refractivity contribution in [3.8, 4) is 0 Å². The molecule has 6 nitrogen and oxygen atoms in total.